The molecule has 4 rings (SSSR count). The Bertz CT molecular complexity index is 969. The zero-order valence-electron chi connectivity index (χ0n) is 13.6. The Hall–Kier alpha value is -2.78. The predicted octanol–water partition coefficient (Wildman–Crippen LogP) is 2.56. The lowest BCUT2D eigenvalue weighted by atomic mass is 9.99. The highest BCUT2D eigenvalue weighted by molar-refractivity contribution is 6.03. The lowest BCUT2D eigenvalue weighted by Crippen LogP contribution is -2.29. The molecule has 1 unspecified atom stereocenters. The molecular weight excluding hydrogens is 349 g/mol. The molecule has 1 amide bonds. The van der Waals surface area contributed by atoms with Crippen LogP contribution in [0.5, 0.6) is 0 Å². The summed E-state index contributed by atoms with van der Waals surface area (Å²) < 4.78 is 37.0. The zero-order valence-corrected chi connectivity index (χ0v) is 13.6. The summed E-state index contributed by atoms with van der Waals surface area (Å²) in [6, 6.07) is 1.87. The fourth-order valence-corrected chi connectivity index (χ4v) is 3.39. The van der Waals surface area contributed by atoms with Gasteiger partial charge in [-0.2, -0.15) is 23.4 Å². The van der Waals surface area contributed by atoms with Gasteiger partial charge in [-0.25, -0.2) is 0 Å². The highest BCUT2D eigenvalue weighted by atomic mass is 19.4. The average molecular weight is 364 g/mol. The number of halogens is 3. The van der Waals surface area contributed by atoms with E-state index in [0.29, 0.717) is 36.4 Å². The molecule has 1 fully saturated rings. The van der Waals surface area contributed by atoms with Crippen molar-refractivity contribution in [2.24, 2.45) is 0 Å². The van der Waals surface area contributed by atoms with Crippen LogP contribution in [0.3, 0.4) is 0 Å². The van der Waals surface area contributed by atoms with Gasteiger partial charge in [0.05, 0.1) is 18.3 Å². The number of nitrogens with one attached hydrogen (secondary N) is 1. The number of aromatic amines is 1. The van der Waals surface area contributed by atoms with Crippen molar-refractivity contribution in [3.05, 3.63) is 24.2 Å². The Balaban J connectivity index is 1.59. The zero-order chi connectivity index (χ0) is 18.3. The maximum atomic E-state index is 12.3. The largest absolute Gasteiger partial charge is 0.389 e. The molecule has 1 N–H and O–H groups in total. The van der Waals surface area contributed by atoms with Crippen molar-refractivity contribution >= 4 is 27.8 Å². The van der Waals surface area contributed by atoms with Crippen LogP contribution in [0.2, 0.25) is 0 Å². The number of carbonyl (C=O) groups excluding carboxylic acids is 1. The van der Waals surface area contributed by atoms with Crippen LogP contribution >= 0.6 is 0 Å². The lowest BCUT2D eigenvalue weighted by molar-refractivity contribution is -0.148. The van der Waals surface area contributed by atoms with E-state index in [0.717, 1.165) is 10.8 Å². The van der Waals surface area contributed by atoms with Crippen LogP contribution in [-0.4, -0.2) is 55.5 Å². The standard InChI is InChI=1S/C16H15F3N6O/c17-16(18,19)4-1-12(26)25-6-3-9(8-25)14-13-10-2-5-20-15(10)24-22-11(13)7-21-23-14/h2,5,7,9H,1,3-4,6,8H2,(H,20,24). The molecule has 1 aliphatic rings. The number of nitrogens with zero attached hydrogens (tertiary/aromatic N) is 5. The first-order valence-corrected chi connectivity index (χ1v) is 8.22. The summed E-state index contributed by atoms with van der Waals surface area (Å²) in [6.07, 6.45) is -2.04. The second-order valence-electron chi connectivity index (χ2n) is 6.37. The number of amides is 1. The van der Waals surface area contributed by atoms with Gasteiger partial charge < -0.3 is 9.88 Å². The minimum atomic E-state index is -4.32. The monoisotopic (exact) mass is 364 g/mol. The summed E-state index contributed by atoms with van der Waals surface area (Å²) in [5.74, 6) is -0.576. The van der Waals surface area contributed by atoms with Gasteiger partial charge in [-0.1, -0.05) is 0 Å². The Morgan fingerprint density at radius 2 is 2.15 bits per heavy atom. The average Bonchev–Trinajstić information content (AvgIpc) is 3.27. The number of H-pyrrole nitrogens is 1. The molecule has 0 bridgehead atoms. The number of fused-ring (bicyclic) bond motifs is 3. The van der Waals surface area contributed by atoms with Crippen LogP contribution in [0, 0.1) is 0 Å². The van der Waals surface area contributed by atoms with Gasteiger partial charge in [0.2, 0.25) is 5.91 Å². The van der Waals surface area contributed by atoms with E-state index in [1.54, 1.807) is 6.20 Å². The van der Waals surface area contributed by atoms with Crippen molar-refractivity contribution in [2.75, 3.05) is 13.1 Å². The smallest absolute Gasteiger partial charge is 0.345 e. The van der Waals surface area contributed by atoms with E-state index in [2.05, 4.69) is 25.4 Å². The van der Waals surface area contributed by atoms with E-state index in [9.17, 15) is 18.0 Å². The number of alkyl halides is 3. The number of hydrogen-bond acceptors (Lipinski definition) is 5. The normalized spacial score (nSPS) is 18.1. The molecule has 3 aromatic rings. The molecule has 0 aromatic carbocycles. The minimum absolute atomic E-state index is 0.0941. The van der Waals surface area contributed by atoms with Gasteiger partial charge in [0.15, 0.2) is 5.65 Å². The summed E-state index contributed by atoms with van der Waals surface area (Å²) >= 11 is 0. The Morgan fingerprint density at radius 3 is 2.96 bits per heavy atom. The molecule has 26 heavy (non-hydrogen) atoms. The van der Waals surface area contributed by atoms with Crippen LogP contribution in [0.25, 0.3) is 21.9 Å². The van der Waals surface area contributed by atoms with Crippen LogP contribution < -0.4 is 0 Å². The van der Waals surface area contributed by atoms with Gasteiger partial charge in [0, 0.05) is 42.4 Å². The summed E-state index contributed by atoms with van der Waals surface area (Å²) in [6.45, 7) is 0.743. The molecule has 10 heteroatoms. The van der Waals surface area contributed by atoms with Crippen LogP contribution in [0.1, 0.15) is 30.9 Å². The first kappa shape index (κ1) is 16.7. The fraction of sp³-hybridized carbons (Fsp3) is 0.438. The van der Waals surface area contributed by atoms with Gasteiger partial charge in [-0.05, 0) is 12.5 Å². The van der Waals surface area contributed by atoms with Gasteiger partial charge in [0.25, 0.3) is 0 Å². The molecule has 0 radical (unpaired) electrons. The summed E-state index contributed by atoms with van der Waals surface area (Å²) in [5.41, 5.74) is 1.93. The topological polar surface area (TPSA) is 87.7 Å². The maximum Gasteiger partial charge on any atom is 0.389 e. The van der Waals surface area contributed by atoms with E-state index < -0.39 is 24.9 Å². The Morgan fingerprint density at radius 1 is 1.31 bits per heavy atom. The molecule has 136 valence electrons. The minimum Gasteiger partial charge on any atom is -0.345 e. The Labute approximate surface area is 145 Å². The Kier molecular flexibility index (Phi) is 3.97. The summed E-state index contributed by atoms with van der Waals surface area (Å²) in [7, 11) is 0. The second kappa shape index (κ2) is 6.19. The van der Waals surface area contributed by atoms with Gasteiger partial charge in [0.1, 0.15) is 5.52 Å². The third-order valence-electron chi connectivity index (χ3n) is 4.66. The fourth-order valence-electron chi connectivity index (χ4n) is 3.39. The van der Waals surface area contributed by atoms with Crippen molar-refractivity contribution in [3.63, 3.8) is 0 Å². The van der Waals surface area contributed by atoms with Crippen molar-refractivity contribution < 1.29 is 18.0 Å². The first-order valence-electron chi connectivity index (χ1n) is 8.22. The maximum absolute atomic E-state index is 12.3. The third-order valence-corrected chi connectivity index (χ3v) is 4.66. The second-order valence-corrected chi connectivity index (χ2v) is 6.37. The highest BCUT2D eigenvalue weighted by Gasteiger charge is 2.33. The quantitative estimate of drug-likeness (QED) is 0.772. The molecule has 3 aromatic heterocycles. The number of carbonyl (C=O) groups is 1. The van der Waals surface area contributed by atoms with Crippen LogP contribution in [0.15, 0.2) is 18.5 Å². The first-order chi connectivity index (χ1) is 12.4. The molecule has 4 heterocycles. The summed E-state index contributed by atoms with van der Waals surface area (Å²) in [4.78, 5) is 16.5. The van der Waals surface area contributed by atoms with E-state index >= 15 is 0 Å². The van der Waals surface area contributed by atoms with E-state index in [4.69, 9.17) is 0 Å². The van der Waals surface area contributed by atoms with Crippen molar-refractivity contribution in [1.29, 1.82) is 0 Å². The van der Waals surface area contributed by atoms with E-state index in [-0.39, 0.29) is 5.92 Å². The molecule has 7 nitrogen and oxygen atoms in total. The van der Waals surface area contributed by atoms with E-state index in [1.165, 1.54) is 11.1 Å². The van der Waals surface area contributed by atoms with Gasteiger partial charge >= 0.3 is 6.18 Å². The number of aromatic nitrogens is 5. The SMILES string of the molecule is O=C(CCC(F)(F)F)N1CCC(c2nncc3nnc4[nH]ccc4c23)C1. The van der Waals surface area contributed by atoms with Crippen molar-refractivity contribution in [1.82, 2.24) is 30.3 Å². The van der Waals surface area contributed by atoms with Crippen molar-refractivity contribution in [2.45, 2.75) is 31.4 Å². The van der Waals surface area contributed by atoms with Crippen LogP contribution in [-0.2, 0) is 4.79 Å². The van der Waals surface area contributed by atoms with Crippen LogP contribution in [0.4, 0.5) is 13.2 Å². The molecule has 0 spiro atoms. The molecular formula is C16H15F3N6O. The summed E-state index contributed by atoms with van der Waals surface area (Å²) in [5, 5.41) is 18.1. The van der Waals surface area contributed by atoms with Crippen molar-refractivity contribution in [3.8, 4) is 0 Å². The van der Waals surface area contributed by atoms with Gasteiger partial charge in [-0.3, -0.25) is 4.79 Å². The molecule has 1 atom stereocenters. The number of likely N-dealkylation sites (tertiary alicyclic amines) is 1. The molecule has 1 aliphatic heterocycles. The predicted molar refractivity (Wildman–Crippen MR) is 86.2 cm³/mol. The highest BCUT2D eigenvalue weighted by Crippen LogP contribution is 2.33. The number of hydrogen-bond donors (Lipinski definition) is 1. The third kappa shape index (κ3) is 3.06. The number of rotatable bonds is 3. The molecule has 1 saturated heterocycles. The van der Waals surface area contributed by atoms with E-state index in [1.807, 2.05) is 6.07 Å². The van der Waals surface area contributed by atoms with Gasteiger partial charge in [-0.15, -0.1) is 10.2 Å². The molecule has 0 saturated carbocycles. The lowest BCUT2D eigenvalue weighted by Gasteiger charge is -2.17. The molecule has 0 aliphatic carbocycles.